The Bertz CT molecular complexity index is 849. The molecule has 186 valence electrons. The predicted molar refractivity (Wildman–Crippen MR) is 133 cm³/mol. The molecule has 3 nitrogen and oxygen atoms in total. The molecule has 0 aromatic rings. The van der Waals surface area contributed by atoms with Crippen molar-refractivity contribution in [2.75, 3.05) is 6.61 Å². The summed E-state index contributed by atoms with van der Waals surface area (Å²) in [6, 6.07) is 0. The van der Waals surface area contributed by atoms with Gasteiger partial charge in [0.2, 0.25) is 0 Å². The zero-order chi connectivity index (χ0) is 24.0. The normalized spacial score (nSPS) is 55.9. The van der Waals surface area contributed by atoms with Crippen LogP contribution in [-0.2, 0) is 0 Å². The number of allylic oxidation sites excluding steroid dienone is 3. The molecule has 5 aliphatic carbocycles. The van der Waals surface area contributed by atoms with Crippen molar-refractivity contribution in [2.45, 2.75) is 105 Å². The Kier molecular flexibility index (Phi) is 5.42. The SMILES string of the molecule is C=C(C)/C=C/C[C@@H](C)[C@H]1CC[C@@]2(C)[C@@H]3[C@@H](O)C[C@@H]4[C@](C)(CO)[C@@H](O)CC[C@@]45C[C@@]35CC[C@]12C. The van der Waals surface area contributed by atoms with Crippen LogP contribution < -0.4 is 0 Å². The molecule has 33 heavy (non-hydrogen) atoms. The molecule has 0 aromatic heterocycles. The largest absolute Gasteiger partial charge is 0.396 e. The fourth-order valence-corrected chi connectivity index (χ4v) is 11.0. The van der Waals surface area contributed by atoms with Crippen molar-refractivity contribution in [1.29, 1.82) is 0 Å². The maximum atomic E-state index is 11.8. The highest BCUT2D eigenvalue weighted by Crippen LogP contribution is 2.89. The Morgan fingerprint density at radius 2 is 1.76 bits per heavy atom. The van der Waals surface area contributed by atoms with Gasteiger partial charge < -0.3 is 15.3 Å². The molecule has 5 fully saturated rings. The Morgan fingerprint density at radius 1 is 1.03 bits per heavy atom. The zero-order valence-corrected chi connectivity index (χ0v) is 21.7. The summed E-state index contributed by atoms with van der Waals surface area (Å²) in [6.07, 6.45) is 13.7. The first-order chi connectivity index (χ1) is 15.4. The molecule has 2 spiro atoms. The molecule has 3 heteroatoms. The van der Waals surface area contributed by atoms with Gasteiger partial charge in [-0.25, -0.2) is 0 Å². The molecule has 0 unspecified atom stereocenters. The van der Waals surface area contributed by atoms with Gasteiger partial charge in [0.1, 0.15) is 0 Å². The number of aliphatic hydroxyl groups excluding tert-OH is 3. The van der Waals surface area contributed by atoms with E-state index < -0.39 is 11.5 Å². The smallest absolute Gasteiger partial charge is 0.0618 e. The van der Waals surface area contributed by atoms with Crippen LogP contribution in [0.25, 0.3) is 0 Å². The lowest BCUT2D eigenvalue weighted by molar-refractivity contribution is -0.209. The van der Waals surface area contributed by atoms with Crippen molar-refractivity contribution in [1.82, 2.24) is 0 Å². The van der Waals surface area contributed by atoms with Crippen molar-refractivity contribution >= 4 is 0 Å². The highest BCUT2D eigenvalue weighted by Gasteiger charge is 2.84. The second-order valence-corrected chi connectivity index (χ2v) is 14.0. The van der Waals surface area contributed by atoms with E-state index in [9.17, 15) is 15.3 Å². The third-order valence-electron chi connectivity index (χ3n) is 12.9. The van der Waals surface area contributed by atoms with Gasteiger partial charge in [-0.15, -0.1) is 0 Å². The van der Waals surface area contributed by atoms with Crippen LogP contribution >= 0.6 is 0 Å². The van der Waals surface area contributed by atoms with Crippen LogP contribution in [0.2, 0.25) is 0 Å². The van der Waals surface area contributed by atoms with Gasteiger partial charge in [-0.2, -0.15) is 0 Å². The molecule has 0 bridgehead atoms. The second kappa shape index (κ2) is 7.43. The minimum atomic E-state index is -0.475. The average Bonchev–Trinajstić information content (AvgIpc) is 3.32. The molecule has 0 amide bonds. The van der Waals surface area contributed by atoms with Crippen molar-refractivity contribution in [3.63, 3.8) is 0 Å². The van der Waals surface area contributed by atoms with Crippen LogP contribution in [0.1, 0.15) is 92.4 Å². The quantitative estimate of drug-likeness (QED) is 0.452. The summed E-state index contributed by atoms with van der Waals surface area (Å²) in [5.74, 6) is 1.94. The Morgan fingerprint density at radius 3 is 2.42 bits per heavy atom. The first kappa shape index (κ1) is 24.1. The highest BCUT2D eigenvalue weighted by atomic mass is 16.3. The maximum Gasteiger partial charge on any atom is 0.0618 e. The van der Waals surface area contributed by atoms with E-state index in [1.165, 1.54) is 32.1 Å². The summed E-state index contributed by atoms with van der Waals surface area (Å²) in [7, 11) is 0. The summed E-state index contributed by atoms with van der Waals surface area (Å²) in [5.41, 5.74) is 1.53. The minimum absolute atomic E-state index is 0.0281. The van der Waals surface area contributed by atoms with Gasteiger partial charge in [-0.1, -0.05) is 52.0 Å². The average molecular weight is 457 g/mol. The lowest BCUT2D eigenvalue weighted by atomic mass is 9.41. The first-order valence-electron chi connectivity index (χ1n) is 13.7. The van der Waals surface area contributed by atoms with E-state index in [1.54, 1.807) is 0 Å². The minimum Gasteiger partial charge on any atom is -0.396 e. The second-order valence-electron chi connectivity index (χ2n) is 14.0. The first-order valence-corrected chi connectivity index (χ1v) is 13.7. The van der Waals surface area contributed by atoms with E-state index in [-0.39, 0.29) is 40.3 Å². The van der Waals surface area contributed by atoms with Crippen LogP contribution in [0.5, 0.6) is 0 Å². The molecule has 5 rings (SSSR count). The van der Waals surface area contributed by atoms with Gasteiger partial charge >= 0.3 is 0 Å². The van der Waals surface area contributed by atoms with Gasteiger partial charge in [0, 0.05) is 5.41 Å². The molecular formula is C30H48O3. The van der Waals surface area contributed by atoms with Crippen LogP contribution in [0.15, 0.2) is 24.3 Å². The lowest BCUT2D eigenvalue weighted by Crippen LogP contribution is -2.62. The monoisotopic (exact) mass is 456 g/mol. The summed E-state index contributed by atoms with van der Waals surface area (Å²) in [5, 5.41) is 33.0. The summed E-state index contributed by atoms with van der Waals surface area (Å²) in [6.45, 7) is 15.7. The van der Waals surface area contributed by atoms with Crippen molar-refractivity contribution < 1.29 is 15.3 Å². The highest BCUT2D eigenvalue weighted by molar-refractivity contribution is 5.32. The maximum absolute atomic E-state index is 11.8. The van der Waals surface area contributed by atoms with Crippen LogP contribution in [0.4, 0.5) is 0 Å². The molecule has 0 radical (unpaired) electrons. The van der Waals surface area contributed by atoms with Gasteiger partial charge in [0.15, 0.2) is 0 Å². The molecule has 0 aliphatic heterocycles. The zero-order valence-electron chi connectivity index (χ0n) is 21.7. The number of aliphatic hydroxyl groups is 3. The van der Waals surface area contributed by atoms with E-state index in [1.807, 2.05) is 0 Å². The van der Waals surface area contributed by atoms with Crippen molar-refractivity contribution in [3.05, 3.63) is 24.3 Å². The Hall–Kier alpha value is -0.640. The summed E-state index contributed by atoms with van der Waals surface area (Å²) >= 11 is 0. The standard InChI is InChI=1S/C30H48O3/c1-19(2)8-7-9-20(3)21-10-12-28(6)25-22(32)16-23-26(4,18-31)24(33)11-13-29(23)17-30(25,29)15-14-27(21,28)5/h7-8,20-25,31-33H,1,9-18H2,2-6H3/b8-7+/t20-,21-,22+,23-,24+,25+,26+,27-,28+,29-,30+/m1/s1. The lowest BCUT2D eigenvalue weighted by Gasteiger charge is -2.64. The topological polar surface area (TPSA) is 60.7 Å². The van der Waals surface area contributed by atoms with E-state index in [4.69, 9.17) is 0 Å². The number of hydrogen-bond acceptors (Lipinski definition) is 3. The van der Waals surface area contributed by atoms with Gasteiger partial charge in [-0.05, 0) is 110 Å². The molecule has 0 saturated heterocycles. The molecule has 3 N–H and O–H groups in total. The van der Waals surface area contributed by atoms with Gasteiger partial charge in [-0.3, -0.25) is 0 Å². The third-order valence-corrected chi connectivity index (χ3v) is 12.9. The fourth-order valence-electron chi connectivity index (χ4n) is 11.0. The van der Waals surface area contributed by atoms with E-state index in [0.717, 1.165) is 31.3 Å². The molecule has 11 atom stereocenters. The number of hydrogen-bond donors (Lipinski definition) is 3. The molecule has 5 saturated carbocycles. The van der Waals surface area contributed by atoms with Crippen LogP contribution in [-0.4, -0.2) is 34.1 Å². The summed E-state index contributed by atoms with van der Waals surface area (Å²) in [4.78, 5) is 0. The van der Waals surface area contributed by atoms with Crippen molar-refractivity contribution in [3.8, 4) is 0 Å². The van der Waals surface area contributed by atoms with Crippen LogP contribution in [0, 0.1) is 50.7 Å². The van der Waals surface area contributed by atoms with E-state index >= 15 is 0 Å². The van der Waals surface area contributed by atoms with Gasteiger partial charge in [0.25, 0.3) is 0 Å². The number of fused-ring (bicyclic) bond motifs is 2. The van der Waals surface area contributed by atoms with Crippen molar-refractivity contribution in [2.24, 2.45) is 50.7 Å². The number of rotatable bonds is 5. The Balaban J connectivity index is 1.46. The predicted octanol–water partition coefficient (Wildman–Crippen LogP) is 5.89. The molecule has 0 aromatic carbocycles. The van der Waals surface area contributed by atoms with E-state index in [2.05, 4.69) is 53.3 Å². The molecule has 0 heterocycles. The van der Waals surface area contributed by atoms with E-state index in [0.29, 0.717) is 17.8 Å². The third kappa shape index (κ3) is 2.85. The summed E-state index contributed by atoms with van der Waals surface area (Å²) < 4.78 is 0. The molecular weight excluding hydrogens is 408 g/mol. The Labute approximate surface area is 201 Å². The molecule has 5 aliphatic rings. The van der Waals surface area contributed by atoms with Gasteiger partial charge in [0.05, 0.1) is 18.8 Å². The fraction of sp³-hybridized carbons (Fsp3) is 0.867. The van der Waals surface area contributed by atoms with Crippen LogP contribution in [0.3, 0.4) is 0 Å².